The van der Waals surface area contributed by atoms with Crippen molar-refractivity contribution in [1.82, 2.24) is 0 Å². The molecule has 0 aliphatic carbocycles. The van der Waals surface area contributed by atoms with E-state index in [4.69, 9.17) is 58.1 Å². The smallest absolute Gasteiger partial charge is 0.388 e. The normalized spacial score (nSPS) is 9.95. The molecule has 0 amide bonds. The van der Waals surface area contributed by atoms with Crippen molar-refractivity contribution in [3.63, 3.8) is 0 Å². The fraction of sp³-hybridized carbons (Fsp3) is 0.455. The van der Waals surface area contributed by atoms with Crippen LogP contribution in [0.2, 0.25) is 52.4 Å². The monoisotopic (exact) mass is 676 g/mol. The van der Waals surface area contributed by atoms with Gasteiger partial charge in [-0.05, 0) is 62.7 Å². The van der Waals surface area contributed by atoms with Gasteiger partial charge in [0.05, 0.1) is 0 Å². The van der Waals surface area contributed by atoms with Gasteiger partial charge in [0, 0.05) is 45.7 Å². The summed E-state index contributed by atoms with van der Waals surface area (Å²) in [5.74, 6) is 0. The Hall–Kier alpha value is -1.58. The molecule has 3 nitrogen and oxygen atoms in total. The molecule has 0 unspecified atom stereocenters. The van der Waals surface area contributed by atoms with Gasteiger partial charge in [0.25, 0.3) is 0 Å². The van der Waals surface area contributed by atoms with Crippen molar-refractivity contribution < 1.29 is 62.8 Å². The number of hydrogen-bond acceptors (Lipinski definition) is 3. The lowest BCUT2D eigenvalue weighted by molar-refractivity contribution is 0.108. The molecular weight excluding hydrogens is 634 g/mol. The zero-order chi connectivity index (χ0) is 30.3. The molecule has 0 heterocycles. The van der Waals surface area contributed by atoms with Crippen LogP contribution in [0, 0.1) is 0 Å². The van der Waals surface area contributed by atoms with E-state index >= 15 is 0 Å². The summed E-state index contributed by atoms with van der Waals surface area (Å²) in [6, 6.07) is 21.0. The van der Waals surface area contributed by atoms with Crippen LogP contribution < -0.4 is 10.4 Å². The average Bonchev–Trinajstić information content (AvgIpc) is 2.88. The van der Waals surface area contributed by atoms with Gasteiger partial charge in [-0.15, -0.1) is 0 Å². The lowest BCUT2D eigenvalue weighted by Crippen LogP contribution is -2.71. The van der Waals surface area contributed by atoms with E-state index in [1.807, 2.05) is 12.1 Å². The van der Waals surface area contributed by atoms with E-state index in [1.165, 1.54) is 0 Å². The summed E-state index contributed by atoms with van der Waals surface area (Å²) in [6.45, 7) is 17.7. The minimum Gasteiger partial charge on any atom is -0.437 e. The van der Waals surface area contributed by atoms with Gasteiger partial charge in [0.1, 0.15) is 0 Å². The van der Waals surface area contributed by atoms with Gasteiger partial charge in [0.15, 0.2) is 16.6 Å². The molecule has 0 bridgehead atoms. The standard InChI is InChI=1S/C20H34O3Si4.2CH4.5F2.FH/c1-24(2,3)21-26(7,8)23-27(22-25(4,5)6,19-15-11-9-12-16-19)20-17-13-10-14-18-20;;;5*1-2;/h9-18H,1-8H3;2*1H4;;;;;;1H. The van der Waals surface area contributed by atoms with Crippen LogP contribution in [0.15, 0.2) is 60.7 Å². The Morgan fingerprint density at radius 3 is 0.900 bits per heavy atom. The van der Waals surface area contributed by atoms with Crippen molar-refractivity contribution in [3.8, 4) is 0 Å². The zero-order valence-electron chi connectivity index (χ0n) is 22.2. The Kier molecular flexibility index (Phi) is 39.4. The highest BCUT2D eigenvalue weighted by Crippen LogP contribution is 2.24. The first-order valence-electron chi connectivity index (χ1n) is 10.3. The fourth-order valence-corrected chi connectivity index (χ4v) is 20.0. The van der Waals surface area contributed by atoms with E-state index in [0.29, 0.717) is 0 Å². The van der Waals surface area contributed by atoms with E-state index < -0.39 is 33.8 Å². The lowest BCUT2D eigenvalue weighted by atomic mass is 10.4. The van der Waals surface area contributed by atoms with Gasteiger partial charge in [-0.3, -0.25) is 4.70 Å². The van der Waals surface area contributed by atoms with Crippen LogP contribution in [0.4, 0.5) is 50.4 Å². The summed E-state index contributed by atoms with van der Waals surface area (Å²) in [6.07, 6.45) is 0. The van der Waals surface area contributed by atoms with E-state index in [-0.39, 0.29) is 19.6 Å². The second-order valence-electron chi connectivity index (χ2n) is 9.28. The third-order valence-corrected chi connectivity index (χ3v) is 17.0. The first-order valence-corrected chi connectivity index (χ1v) is 21.7. The summed E-state index contributed by atoms with van der Waals surface area (Å²) in [5, 5.41) is 2.30. The zero-order valence-corrected chi connectivity index (χ0v) is 26.2. The first-order chi connectivity index (χ1) is 17.3. The number of hydrogen-bond donors (Lipinski definition) is 0. The van der Waals surface area contributed by atoms with Crippen molar-refractivity contribution in [2.75, 3.05) is 0 Å². The van der Waals surface area contributed by atoms with Crippen molar-refractivity contribution in [2.45, 2.75) is 67.2 Å². The maximum absolute atomic E-state index is 8.00. The van der Waals surface area contributed by atoms with E-state index in [1.54, 1.807) is 0 Å². The highest BCUT2D eigenvalue weighted by molar-refractivity contribution is 7.02. The molecule has 0 radical (unpaired) electrons. The minimum absolute atomic E-state index is 0. The number of rotatable bonds is 8. The van der Waals surface area contributed by atoms with Crippen LogP contribution in [0.5, 0.6) is 0 Å². The number of halogens is 11. The topological polar surface area (TPSA) is 27.7 Å². The van der Waals surface area contributed by atoms with Crippen molar-refractivity contribution in [2.24, 2.45) is 0 Å². The van der Waals surface area contributed by atoms with Crippen LogP contribution >= 0.6 is 0 Å². The third kappa shape index (κ3) is 23.2. The molecule has 0 N–H and O–H groups in total. The molecule has 0 aliphatic rings. The van der Waals surface area contributed by atoms with Crippen LogP contribution in [-0.4, -0.2) is 33.8 Å². The largest absolute Gasteiger partial charge is 0.437 e. The molecule has 0 spiro atoms. The predicted molar refractivity (Wildman–Crippen MR) is 152 cm³/mol. The molecule has 2 aromatic carbocycles. The Labute approximate surface area is 234 Å². The molecular formula is C22H43F11O3Si4. The highest BCUT2D eigenvalue weighted by Gasteiger charge is 2.51. The van der Waals surface area contributed by atoms with E-state index in [2.05, 4.69) is 101 Å². The van der Waals surface area contributed by atoms with Crippen molar-refractivity contribution >= 4 is 44.1 Å². The average molecular weight is 677 g/mol. The molecule has 0 saturated carbocycles. The van der Waals surface area contributed by atoms with Gasteiger partial charge >= 0.3 is 17.1 Å². The van der Waals surface area contributed by atoms with Gasteiger partial charge in [-0.1, -0.05) is 75.5 Å². The summed E-state index contributed by atoms with van der Waals surface area (Å²) in [5.41, 5.74) is 0. The first kappa shape index (κ1) is 54.5. The Bertz CT molecular complexity index is 718. The molecule has 0 saturated heterocycles. The highest BCUT2D eigenvalue weighted by atomic mass is 28.5. The maximum Gasteiger partial charge on any atom is 0.388 e. The van der Waals surface area contributed by atoms with E-state index in [9.17, 15) is 0 Å². The molecule has 0 aliphatic heterocycles. The second-order valence-corrected chi connectivity index (χ2v) is 25.4. The van der Waals surface area contributed by atoms with Gasteiger partial charge in [0.2, 0.25) is 0 Å². The summed E-state index contributed by atoms with van der Waals surface area (Å²) >= 11 is 0. The summed E-state index contributed by atoms with van der Waals surface area (Å²) in [7, 11) is -8.96. The maximum atomic E-state index is 8.00. The van der Waals surface area contributed by atoms with Crippen LogP contribution in [-0.2, 0) is 12.3 Å². The van der Waals surface area contributed by atoms with Crippen LogP contribution in [0.25, 0.3) is 0 Å². The lowest BCUT2D eigenvalue weighted by Gasteiger charge is -2.43. The second kappa shape index (κ2) is 28.9. The predicted octanol–water partition coefficient (Wildman–Crippen LogP) is 10.3. The molecule has 0 aromatic heterocycles. The molecule has 40 heavy (non-hydrogen) atoms. The van der Waals surface area contributed by atoms with Crippen LogP contribution in [0.1, 0.15) is 14.9 Å². The fourth-order valence-electron chi connectivity index (χ4n) is 3.27. The van der Waals surface area contributed by atoms with Gasteiger partial charge in [-0.2, -0.15) is 0 Å². The molecule has 2 aromatic rings. The molecule has 18 heteroatoms. The summed E-state index contributed by atoms with van der Waals surface area (Å²) < 4.78 is 101. The quantitative estimate of drug-likeness (QED) is 0.206. The van der Waals surface area contributed by atoms with Crippen molar-refractivity contribution in [1.29, 1.82) is 0 Å². The van der Waals surface area contributed by atoms with Gasteiger partial charge in [-0.25, -0.2) is 0 Å². The van der Waals surface area contributed by atoms with Crippen LogP contribution in [0.3, 0.4) is 0 Å². The molecule has 242 valence electrons. The van der Waals surface area contributed by atoms with Crippen molar-refractivity contribution in [3.05, 3.63) is 60.7 Å². The third-order valence-electron chi connectivity index (χ3n) is 3.70. The number of benzene rings is 2. The van der Waals surface area contributed by atoms with Gasteiger partial charge < -0.3 is 12.3 Å². The Balaban J connectivity index is -0.000000151. The summed E-state index contributed by atoms with van der Waals surface area (Å²) in [4.78, 5) is 0. The Morgan fingerprint density at radius 2 is 0.675 bits per heavy atom. The van der Waals surface area contributed by atoms with E-state index in [0.717, 1.165) is 10.4 Å². The molecule has 2 rings (SSSR count). The Morgan fingerprint density at radius 1 is 0.425 bits per heavy atom. The SMILES string of the molecule is C.C.C[Si](C)(C)O[Si](C)(C)O[Si](O[Si](C)(C)C)(c1ccccc1)c1ccccc1.F.FF.FF.FF.FF.FF. The molecule has 0 atom stereocenters. The molecule has 0 fully saturated rings. The minimum atomic E-state index is -2.90.